The molecule has 3 heterocycles. The Balaban J connectivity index is 1.44. The summed E-state index contributed by atoms with van der Waals surface area (Å²) in [5.41, 5.74) is 3.90. The van der Waals surface area contributed by atoms with Crippen molar-refractivity contribution >= 4 is 32.8 Å². The van der Waals surface area contributed by atoms with Gasteiger partial charge in [0, 0.05) is 66.6 Å². The van der Waals surface area contributed by atoms with Crippen molar-refractivity contribution in [1.29, 1.82) is 0 Å². The predicted molar refractivity (Wildman–Crippen MR) is 122 cm³/mol. The fourth-order valence-corrected chi connectivity index (χ4v) is 5.99. The largest absolute Gasteiger partial charge is 0.462 e. The number of halogens is 1. The molecule has 2 aliphatic rings. The molecule has 0 N–H and O–H groups in total. The van der Waals surface area contributed by atoms with Crippen LogP contribution >= 0.6 is 15.9 Å². The number of carbonyl (C=O) groups excluding carboxylic acids is 1. The minimum atomic E-state index is -0.421. The number of benzene rings is 1. The van der Waals surface area contributed by atoms with Gasteiger partial charge in [-0.05, 0) is 59.1 Å². The SMILES string of the molecule is COC12CC(COC(=O)c3cncc(Br)c3)CN(C)[C@@H]1Cc1cn(C)c3cccc2c13. The number of piperidine rings is 1. The number of fused-ring (bicyclic) bond motifs is 2. The molecule has 1 saturated heterocycles. The Morgan fingerprint density at radius 3 is 2.94 bits per heavy atom. The molecule has 0 bridgehead atoms. The summed E-state index contributed by atoms with van der Waals surface area (Å²) in [4.78, 5) is 19.0. The molecular weight excluding hydrogens is 458 g/mol. The monoisotopic (exact) mass is 483 g/mol. The number of ether oxygens (including phenoxy) is 2. The number of carbonyl (C=O) groups is 1. The maximum atomic E-state index is 12.5. The van der Waals surface area contributed by atoms with E-state index in [9.17, 15) is 4.79 Å². The first-order valence-corrected chi connectivity index (χ1v) is 11.3. The smallest absolute Gasteiger partial charge is 0.339 e. The summed E-state index contributed by atoms with van der Waals surface area (Å²) < 4.78 is 15.0. The Kier molecular flexibility index (Phi) is 5.15. The molecule has 0 amide bonds. The molecule has 3 aromatic rings. The van der Waals surface area contributed by atoms with Gasteiger partial charge in [-0.2, -0.15) is 0 Å². The van der Waals surface area contributed by atoms with Gasteiger partial charge in [0.1, 0.15) is 5.60 Å². The number of likely N-dealkylation sites (tertiary alicyclic amines) is 1. The molecule has 1 fully saturated rings. The Hall–Kier alpha value is -2.22. The lowest BCUT2D eigenvalue weighted by atomic mass is 9.69. The molecule has 7 heteroatoms. The number of aryl methyl sites for hydroxylation is 1. The third kappa shape index (κ3) is 3.30. The summed E-state index contributed by atoms with van der Waals surface area (Å²) in [7, 11) is 6.07. The van der Waals surface area contributed by atoms with Gasteiger partial charge >= 0.3 is 5.97 Å². The van der Waals surface area contributed by atoms with E-state index in [-0.39, 0.29) is 17.9 Å². The lowest BCUT2D eigenvalue weighted by Crippen LogP contribution is -2.59. The minimum Gasteiger partial charge on any atom is -0.462 e. The summed E-state index contributed by atoms with van der Waals surface area (Å²) in [6, 6.07) is 8.47. The van der Waals surface area contributed by atoms with Gasteiger partial charge in [-0.25, -0.2) is 4.79 Å². The van der Waals surface area contributed by atoms with Crippen molar-refractivity contribution in [2.75, 3.05) is 27.3 Å². The lowest BCUT2D eigenvalue weighted by molar-refractivity contribution is -0.131. The zero-order chi connectivity index (χ0) is 21.8. The van der Waals surface area contributed by atoms with Crippen LogP contribution in [0.15, 0.2) is 47.3 Å². The van der Waals surface area contributed by atoms with Crippen molar-refractivity contribution in [3.05, 3.63) is 64.0 Å². The Morgan fingerprint density at radius 2 is 2.16 bits per heavy atom. The van der Waals surface area contributed by atoms with Crippen LogP contribution in [0.5, 0.6) is 0 Å². The lowest BCUT2D eigenvalue weighted by Gasteiger charge is -2.53. The van der Waals surface area contributed by atoms with Crippen LogP contribution in [-0.4, -0.2) is 53.8 Å². The van der Waals surface area contributed by atoms with E-state index >= 15 is 0 Å². The van der Waals surface area contributed by atoms with Crippen molar-refractivity contribution in [2.45, 2.75) is 24.5 Å². The molecule has 0 radical (unpaired) electrons. The molecule has 2 unspecified atom stereocenters. The van der Waals surface area contributed by atoms with Crippen LogP contribution in [-0.2, 0) is 28.5 Å². The Morgan fingerprint density at radius 1 is 1.32 bits per heavy atom. The van der Waals surface area contributed by atoms with Gasteiger partial charge in [0.25, 0.3) is 0 Å². The number of rotatable bonds is 4. The van der Waals surface area contributed by atoms with E-state index in [1.807, 2.05) is 7.11 Å². The van der Waals surface area contributed by atoms with Gasteiger partial charge < -0.3 is 14.0 Å². The highest BCUT2D eigenvalue weighted by atomic mass is 79.9. The normalized spacial score (nSPS) is 25.4. The van der Waals surface area contributed by atoms with Gasteiger partial charge in [-0.15, -0.1) is 0 Å². The second-order valence-corrected chi connectivity index (χ2v) is 9.69. The molecule has 1 aromatic carbocycles. The van der Waals surface area contributed by atoms with Crippen molar-refractivity contribution in [2.24, 2.45) is 13.0 Å². The maximum Gasteiger partial charge on any atom is 0.339 e. The molecule has 3 atom stereocenters. The molecule has 5 rings (SSSR count). The van der Waals surface area contributed by atoms with Gasteiger partial charge in [0.15, 0.2) is 0 Å². The second kappa shape index (κ2) is 7.73. The van der Waals surface area contributed by atoms with Gasteiger partial charge in [-0.1, -0.05) is 12.1 Å². The van der Waals surface area contributed by atoms with Gasteiger partial charge in [0.2, 0.25) is 0 Å². The number of pyridine rings is 1. The third-order valence-electron chi connectivity index (χ3n) is 6.93. The van der Waals surface area contributed by atoms with Crippen LogP contribution in [0.1, 0.15) is 27.9 Å². The minimum absolute atomic E-state index is 0.172. The molecule has 0 spiro atoms. The zero-order valence-electron chi connectivity index (χ0n) is 18.0. The second-order valence-electron chi connectivity index (χ2n) is 8.78. The Labute approximate surface area is 190 Å². The van der Waals surface area contributed by atoms with E-state index in [1.54, 1.807) is 12.3 Å². The fourth-order valence-electron chi connectivity index (χ4n) is 5.63. The third-order valence-corrected chi connectivity index (χ3v) is 7.36. The van der Waals surface area contributed by atoms with E-state index in [4.69, 9.17) is 9.47 Å². The molecular formula is C24H26BrN3O3. The predicted octanol–water partition coefficient (Wildman–Crippen LogP) is 3.91. The highest BCUT2D eigenvalue weighted by molar-refractivity contribution is 9.10. The van der Waals surface area contributed by atoms with Crippen LogP contribution < -0.4 is 0 Å². The van der Waals surface area contributed by atoms with Gasteiger partial charge in [-0.3, -0.25) is 9.88 Å². The molecule has 0 saturated carbocycles. The molecule has 31 heavy (non-hydrogen) atoms. The van der Waals surface area contributed by atoms with Crippen molar-refractivity contribution < 1.29 is 14.3 Å². The standard InChI is InChI=1S/C24H26BrN3O3/c1-27-13-17-8-21-24(30-3,19-5-4-6-20(27)22(17)19)9-15(12-28(21)2)14-31-23(29)16-7-18(25)11-26-10-16/h4-7,10-11,13,15,21H,8-9,12,14H2,1-3H3/t15?,21-,24?/m1/s1. The summed E-state index contributed by atoms with van der Waals surface area (Å²) in [6.07, 6.45) is 7.20. The summed E-state index contributed by atoms with van der Waals surface area (Å²) >= 11 is 3.35. The van der Waals surface area contributed by atoms with Crippen molar-refractivity contribution in [3.8, 4) is 0 Å². The summed E-state index contributed by atoms with van der Waals surface area (Å²) in [6.45, 7) is 1.21. The quantitative estimate of drug-likeness (QED) is 0.526. The highest BCUT2D eigenvalue weighted by Gasteiger charge is 2.51. The van der Waals surface area contributed by atoms with E-state index in [0.29, 0.717) is 12.2 Å². The van der Waals surface area contributed by atoms with Gasteiger partial charge in [0.05, 0.1) is 12.2 Å². The Bertz CT molecular complexity index is 1160. The molecule has 1 aliphatic carbocycles. The molecule has 162 valence electrons. The number of aromatic nitrogens is 2. The first-order valence-electron chi connectivity index (χ1n) is 10.5. The number of likely N-dealkylation sites (N-methyl/N-ethyl adjacent to an activating group) is 1. The average molecular weight is 484 g/mol. The summed E-state index contributed by atoms with van der Waals surface area (Å²) in [5.74, 6) is -0.174. The van der Waals surface area contributed by atoms with E-state index < -0.39 is 5.60 Å². The maximum absolute atomic E-state index is 12.5. The van der Waals surface area contributed by atoms with Crippen LogP contribution in [0, 0.1) is 5.92 Å². The first-order chi connectivity index (χ1) is 14.9. The van der Waals surface area contributed by atoms with E-state index in [0.717, 1.165) is 23.9 Å². The highest BCUT2D eigenvalue weighted by Crippen LogP contribution is 2.49. The fraction of sp³-hybridized carbons (Fsp3) is 0.417. The number of hydrogen-bond acceptors (Lipinski definition) is 5. The molecule has 1 aliphatic heterocycles. The molecule has 6 nitrogen and oxygen atoms in total. The van der Waals surface area contributed by atoms with Crippen molar-refractivity contribution in [1.82, 2.24) is 14.5 Å². The average Bonchev–Trinajstić information content (AvgIpc) is 3.09. The van der Waals surface area contributed by atoms with E-state index in [1.165, 1.54) is 28.2 Å². The topological polar surface area (TPSA) is 56.6 Å². The first kappa shape index (κ1) is 20.7. The molecule has 2 aromatic heterocycles. The van der Waals surface area contributed by atoms with Crippen LogP contribution in [0.4, 0.5) is 0 Å². The number of hydrogen-bond donors (Lipinski definition) is 0. The van der Waals surface area contributed by atoms with Crippen LogP contribution in [0.3, 0.4) is 0 Å². The van der Waals surface area contributed by atoms with E-state index in [2.05, 4.69) is 68.9 Å². The number of esters is 1. The number of nitrogens with zero attached hydrogens (tertiary/aromatic N) is 3. The number of methoxy groups -OCH3 is 1. The van der Waals surface area contributed by atoms with Crippen molar-refractivity contribution in [3.63, 3.8) is 0 Å². The van der Waals surface area contributed by atoms with Crippen LogP contribution in [0.2, 0.25) is 0 Å². The summed E-state index contributed by atoms with van der Waals surface area (Å²) in [5, 5.41) is 1.31. The zero-order valence-corrected chi connectivity index (χ0v) is 19.6. The van der Waals surface area contributed by atoms with Crippen LogP contribution in [0.25, 0.3) is 10.9 Å².